The van der Waals surface area contributed by atoms with E-state index in [0.29, 0.717) is 24.8 Å². The third-order valence-electron chi connectivity index (χ3n) is 6.71. The fourth-order valence-electron chi connectivity index (χ4n) is 4.54. The van der Waals surface area contributed by atoms with Crippen molar-refractivity contribution in [1.29, 1.82) is 0 Å². The molecule has 0 radical (unpaired) electrons. The van der Waals surface area contributed by atoms with E-state index < -0.39 is 46.8 Å². The third kappa shape index (κ3) is 6.06. The molecular formula is C29H25F7O. The minimum atomic E-state index is -1.53. The molecule has 0 spiro atoms. The molecule has 4 rings (SSSR count). The number of rotatable bonds is 7. The molecule has 1 fully saturated rings. The second kappa shape index (κ2) is 11.5. The topological polar surface area (TPSA) is 9.23 Å². The lowest BCUT2D eigenvalue weighted by Crippen LogP contribution is -2.22. The average molecular weight is 523 g/mol. The number of allylic oxidation sites excluding steroid dienone is 1. The van der Waals surface area contributed by atoms with Gasteiger partial charge in [0.25, 0.3) is 0 Å². The summed E-state index contributed by atoms with van der Waals surface area (Å²) in [4.78, 5) is 0. The van der Waals surface area contributed by atoms with Gasteiger partial charge in [0.1, 0.15) is 17.5 Å². The van der Waals surface area contributed by atoms with Crippen molar-refractivity contribution in [2.24, 2.45) is 5.92 Å². The number of hydrogen-bond donors (Lipinski definition) is 0. The summed E-state index contributed by atoms with van der Waals surface area (Å²) < 4.78 is 103. The third-order valence-corrected chi connectivity index (χ3v) is 6.71. The first kappa shape index (κ1) is 26.9. The molecule has 37 heavy (non-hydrogen) atoms. The van der Waals surface area contributed by atoms with Crippen LogP contribution in [0.4, 0.5) is 30.7 Å². The molecule has 0 bridgehead atoms. The molecule has 0 aromatic heterocycles. The zero-order valence-electron chi connectivity index (χ0n) is 20.1. The molecule has 1 aliphatic heterocycles. The Morgan fingerprint density at radius 3 is 1.97 bits per heavy atom. The van der Waals surface area contributed by atoms with Gasteiger partial charge >= 0.3 is 0 Å². The number of hydrogen-bond acceptors (Lipinski definition) is 1. The highest BCUT2D eigenvalue weighted by Crippen LogP contribution is 2.35. The first-order valence-electron chi connectivity index (χ1n) is 12.1. The second-order valence-electron chi connectivity index (χ2n) is 9.17. The summed E-state index contributed by atoms with van der Waals surface area (Å²) in [6, 6.07) is 9.90. The molecule has 1 nitrogen and oxygen atoms in total. The van der Waals surface area contributed by atoms with Crippen molar-refractivity contribution in [1.82, 2.24) is 0 Å². The summed E-state index contributed by atoms with van der Waals surface area (Å²) in [6.07, 6.45) is 0.960. The van der Waals surface area contributed by atoms with Gasteiger partial charge in [0.15, 0.2) is 23.3 Å². The van der Waals surface area contributed by atoms with Gasteiger partial charge in [-0.1, -0.05) is 31.2 Å². The Bertz CT molecular complexity index is 1250. The van der Waals surface area contributed by atoms with E-state index in [1.165, 1.54) is 43.3 Å². The lowest BCUT2D eigenvalue weighted by Gasteiger charge is -2.29. The van der Waals surface area contributed by atoms with E-state index in [4.69, 9.17) is 4.74 Å². The smallest absolute Gasteiger partial charge is 0.194 e. The molecule has 0 saturated carbocycles. The van der Waals surface area contributed by atoms with Gasteiger partial charge in [-0.25, -0.2) is 30.7 Å². The Kier molecular flexibility index (Phi) is 8.37. The monoisotopic (exact) mass is 522 g/mol. The molecule has 1 saturated heterocycles. The van der Waals surface area contributed by atoms with Crippen molar-refractivity contribution in [2.75, 3.05) is 6.61 Å². The minimum Gasteiger partial charge on any atom is -0.373 e. The molecule has 0 aliphatic carbocycles. The lowest BCUT2D eigenvalue weighted by molar-refractivity contribution is -0.0196. The Morgan fingerprint density at radius 1 is 0.811 bits per heavy atom. The Balaban J connectivity index is 1.38. The predicted molar refractivity (Wildman–Crippen MR) is 127 cm³/mol. The van der Waals surface area contributed by atoms with E-state index in [1.54, 1.807) is 0 Å². The summed E-state index contributed by atoms with van der Waals surface area (Å²) in [5.41, 5.74) is 0.924. The van der Waals surface area contributed by atoms with Crippen molar-refractivity contribution in [3.05, 3.63) is 100 Å². The van der Waals surface area contributed by atoms with Crippen molar-refractivity contribution >= 4 is 5.83 Å². The van der Waals surface area contributed by atoms with Crippen molar-refractivity contribution in [3.8, 4) is 11.1 Å². The predicted octanol–water partition coefficient (Wildman–Crippen LogP) is 9.17. The maximum Gasteiger partial charge on any atom is 0.194 e. The van der Waals surface area contributed by atoms with Gasteiger partial charge in [-0.2, -0.15) is 0 Å². The van der Waals surface area contributed by atoms with E-state index in [2.05, 4.69) is 0 Å². The van der Waals surface area contributed by atoms with Crippen LogP contribution in [0.2, 0.25) is 0 Å². The van der Waals surface area contributed by atoms with Crippen LogP contribution in [0.1, 0.15) is 55.4 Å². The molecule has 0 amide bonds. The molecule has 1 heterocycles. The van der Waals surface area contributed by atoms with Crippen molar-refractivity contribution in [2.45, 2.75) is 45.1 Å². The van der Waals surface area contributed by atoms with E-state index in [9.17, 15) is 30.7 Å². The largest absolute Gasteiger partial charge is 0.373 e. The summed E-state index contributed by atoms with van der Waals surface area (Å²) >= 11 is 0. The molecule has 3 aromatic rings. The molecule has 196 valence electrons. The normalized spacial score (nSPS) is 18.6. The molecule has 8 heteroatoms. The fraction of sp³-hybridized carbons (Fsp3) is 0.310. The Morgan fingerprint density at radius 2 is 1.43 bits per heavy atom. The maximum atomic E-state index is 14.8. The Labute approximate surface area is 210 Å². The van der Waals surface area contributed by atoms with Crippen LogP contribution in [0, 0.1) is 35.0 Å². The van der Waals surface area contributed by atoms with Crippen LogP contribution in [-0.4, -0.2) is 6.61 Å². The lowest BCUT2D eigenvalue weighted by atomic mass is 9.89. The fourth-order valence-corrected chi connectivity index (χ4v) is 4.54. The minimum absolute atomic E-state index is 0.0103. The first-order chi connectivity index (χ1) is 17.7. The number of ether oxygens (including phenoxy) is 1. The van der Waals surface area contributed by atoms with E-state index in [1.807, 2.05) is 0 Å². The summed E-state index contributed by atoms with van der Waals surface area (Å²) in [6.45, 7) is 1.73. The highest BCUT2D eigenvalue weighted by atomic mass is 19.2. The second-order valence-corrected chi connectivity index (χ2v) is 9.17. The van der Waals surface area contributed by atoms with Gasteiger partial charge < -0.3 is 4.74 Å². The summed E-state index contributed by atoms with van der Waals surface area (Å²) in [5.74, 6) is -7.35. The summed E-state index contributed by atoms with van der Waals surface area (Å²) in [7, 11) is 0. The zero-order chi connectivity index (χ0) is 26.7. The van der Waals surface area contributed by atoms with Crippen LogP contribution < -0.4 is 0 Å². The van der Waals surface area contributed by atoms with Crippen LogP contribution in [0.3, 0.4) is 0 Å². The number of halogens is 7. The molecule has 1 aliphatic rings. The van der Waals surface area contributed by atoms with Crippen LogP contribution >= 0.6 is 0 Å². The highest BCUT2D eigenvalue weighted by Gasteiger charge is 2.26. The van der Waals surface area contributed by atoms with Crippen LogP contribution in [0.5, 0.6) is 0 Å². The van der Waals surface area contributed by atoms with E-state index in [-0.39, 0.29) is 47.6 Å². The maximum absolute atomic E-state index is 14.8. The Hall–Kier alpha value is -3.13. The van der Waals surface area contributed by atoms with Crippen molar-refractivity contribution < 1.29 is 35.5 Å². The SMILES string of the molecule is CC/C(F)=C(\F)c1ccc(-c2cc(F)c(CCC3CCC(c4cc(F)c(F)c(F)c4)OC3)c(F)c2)cc1. The average Bonchev–Trinajstić information content (AvgIpc) is 2.90. The molecule has 0 N–H and O–H groups in total. The molecular weight excluding hydrogens is 497 g/mol. The highest BCUT2D eigenvalue weighted by molar-refractivity contribution is 5.68. The van der Waals surface area contributed by atoms with Gasteiger partial charge in [0.05, 0.1) is 12.7 Å². The van der Waals surface area contributed by atoms with Gasteiger partial charge in [0, 0.05) is 11.1 Å². The standard InChI is InChI=1S/C29H25F7O/c1-2-22(30)28(35)18-7-5-17(6-8-18)19-11-23(31)21(24(32)12-19)9-3-16-4-10-27(37-15-16)20-13-25(33)29(36)26(34)14-20/h5-8,11-14,16,27H,2-4,9-10,15H2,1H3/b28-22+. The van der Waals surface area contributed by atoms with E-state index >= 15 is 0 Å². The van der Waals surface area contributed by atoms with Gasteiger partial charge in [-0.05, 0) is 79.0 Å². The van der Waals surface area contributed by atoms with Gasteiger partial charge in [-0.15, -0.1) is 0 Å². The van der Waals surface area contributed by atoms with Gasteiger partial charge in [0.2, 0.25) is 0 Å². The summed E-state index contributed by atoms with van der Waals surface area (Å²) in [5, 5.41) is 0. The van der Waals surface area contributed by atoms with Gasteiger partial charge in [-0.3, -0.25) is 0 Å². The van der Waals surface area contributed by atoms with Crippen molar-refractivity contribution in [3.63, 3.8) is 0 Å². The quantitative estimate of drug-likeness (QED) is 0.222. The number of benzene rings is 3. The van der Waals surface area contributed by atoms with Crippen LogP contribution in [0.25, 0.3) is 17.0 Å². The molecule has 3 aromatic carbocycles. The first-order valence-corrected chi connectivity index (χ1v) is 12.1. The van der Waals surface area contributed by atoms with Crippen LogP contribution in [-0.2, 0) is 11.2 Å². The van der Waals surface area contributed by atoms with Crippen LogP contribution in [0.15, 0.2) is 54.4 Å². The molecule has 2 atom stereocenters. The van der Waals surface area contributed by atoms with E-state index in [0.717, 1.165) is 12.1 Å². The zero-order valence-corrected chi connectivity index (χ0v) is 20.1. The molecule has 2 unspecified atom stereocenters.